The molecule has 2 aromatic rings. The zero-order valence-electron chi connectivity index (χ0n) is 7.75. The van der Waals surface area contributed by atoms with E-state index in [1.54, 1.807) is 6.20 Å². The highest BCUT2D eigenvalue weighted by Gasteiger charge is 2.30. The molecule has 15 heavy (non-hydrogen) atoms. The molecule has 1 aliphatic rings. The summed E-state index contributed by atoms with van der Waals surface area (Å²) in [5.74, 6) is 0.975. The van der Waals surface area contributed by atoms with E-state index in [-0.39, 0.29) is 0 Å². The van der Waals surface area contributed by atoms with Gasteiger partial charge >= 0.3 is 0 Å². The van der Waals surface area contributed by atoms with Crippen molar-refractivity contribution < 1.29 is 0 Å². The van der Waals surface area contributed by atoms with Crippen LogP contribution in [0.3, 0.4) is 0 Å². The Kier molecular flexibility index (Phi) is 2.21. The van der Waals surface area contributed by atoms with Gasteiger partial charge in [-0.25, -0.2) is 0 Å². The molecule has 5 nitrogen and oxygen atoms in total. The van der Waals surface area contributed by atoms with Crippen molar-refractivity contribution in [3.63, 3.8) is 0 Å². The van der Waals surface area contributed by atoms with E-state index in [9.17, 15) is 0 Å². The number of rotatable bonds is 2. The third kappa shape index (κ3) is 1.65. The molecule has 0 aromatic carbocycles. The number of hydrogen-bond donors (Lipinski definition) is 0. The van der Waals surface area contributed by atoms with Gasteiger partial charge in [-0.1, -0.05) is 0 Å². The average molecular weight is 286 g/mol. The van der Waals surface area contributed by atoms with Gasteiger partial charge in [-0.2, -0.15) is 13.8 Å². The topological polar surface area (TPSA) is 46.8 Å². The van der Waals surface area contributed by atoms with Crippen molar-refractivity contribution in [2.45, 2.75) is 6.04 Å². The van der Waals surface area contributed by atoms with Crippen LogP contribution in [0.15, 0.2) is 23.1 Å². The first kappa shape index (κ1) is 9.29. The number of anilines is 1. The third-order valence-electron chi connectivity index (χ3n) is 2.48. The molecule has 2 aromatic heterocycles. The molecule has 0 N–H and O–H groups in total. The van der Waals surface area contributed by atoms with Crippen LogP contribution in [0.2, 0.25) is 0 Å². The lowest BCUT2D eigenvalue weighted by atomic mass is 10.1. The van der Waals surface area contributed by atoms with Crippen LogP contribution in [-0.4, -0.2) is 31.6 Å². The third-order valence-corrected chi connectivity index (χ3v) is 3.36. The lowest BCUT2D eigenvalue weighted by Gasteiger charge is -2.39. The van der Waals surface area contributed by atoms with E-state index >= 15 is 0 Å². The monoisotopic (exact) mass is 285 g/mol. The maximum atomic E-state index is 4.26. The van der Waals surface area contributed by atoms with Crippen molar-refractivity contribution in [3.05, 3.63) is 23.1 Å². The van der Waals surface area contributed by atoms with E-state index in [2.05, 4.69) is 34.7 Å². The van der Waals surface area contributed by atoms with Gasteiger partial charge in [0.25, 0.3) is 0 Å². The van der Waals surface area contributed by atoms with Crippen molar-refractivity contribution in [1.29, 1.82) is 0 Å². The molecule has 0 amide bonds. The number of halogens is 1. The molecular weight excluding hydrogens is 278 g/mol. The van der Waals surface area contributed by atoms with Crippen LogP contribution in [0, 0.1) is 0 Å². The molecule has 0 spiro atoms. The van der Waals surface area contributed by atoms with Gasteiger partial charge in [-0.15, -0.1) is 0 Å². The van der Waals surface area contributed by atoms with Crippen LogP contribution in [0.5, 0.6) is 0 Å². The van der Waals surface area contributed by atoms with E-state index in [0.29, 0.717) is 6.04 Å². The van der Waals surface area contributed by atoms with Gasteiger partial charge in [-0.05, 0) is 15.9 Å². The second-order valence-electron chi connectivity index (χ2n) is 3.46. The summed E-state index contributed by atoms with van der Waals surface area (Å²) in [6.07, 6.45) is 5.62. The van der Waals surface area contributed by atoms with Gasteiger partial charge in [0.2, 0.25) is 0 Å². The first-order chi connectivity index (χ1) is 7.33. The van der Waals surface area contributed by atoms with Crippen molar-refractivity contribution in [3.8, 4) is 0 Å². The Morgan fingerprint density at radius 3 is 2.87 bits per heavy atom. The summed E-state index contributed by atoms with van der Waals surface area (Å²) in [6, 6.07) is 0.456. The van der Waals surface area contributed by atoms with E-state index in [4.69, 9.17) is 0 Å². The van der Waals surface area contributed by atoms with Crippen LogP contribution in [-0.2, 0) is 0 Å². The Labute approximate surface area is 99.2 Å². The van der Waals surface area contributed by atoms with Gasteiger partial charge in [0.15, 0.2) is 5.82 Å². The molecule has 0 unspecified atom stereocenters. The molecule has 0 radical (unpaired) electrons. The van der Waals surface area contributed by atoms with E-state index in [1.165, 1.54) is 11.7 Å². The summed E-state index contributed by atoms with van der Waals surface area (Å²) in [6.45, 7) is 1.92. The number of aromatic nitrogens is 4. The van der Waals surface area contributed by atoms with Gasteiger partial charge in [0.05, 0.1) is 34.6 Å². The van der Waals surface area contributed by atoms with Crippen LogP contribution in [0.4, 0.5) is 5.82 Å². The van der Waals surface area contributed by atoms with Gasteiger partial charge in [-0.3, -0.25) is 4.68 Å². The fourth-order valence-corrected chi connectivity index (χ4v) is 2.36. The summed E-state index contributed by atoms with van der Waals surface area (Å²) < 4.78 is 11.2. The molecule has 0 atom stereocenters. The molecule has 1 fully saturated rings. The van der Waals surface area contributed by atoms with E-state index in [0.717, 1.165) is 23.4 Å². The normalized spacial score (nSPS) is 16.7. The van der Waals surface area contributed by atoms with Gasteiger partial charge in [0, 0.05) is 19.3 Å². The molecule has 78 valence electrons. The molecule has 0 aliphatic carbocycles. The summed E-state index contributed by atoms with van der Waals surface area (Å²) in [7, 11) is 0. The lowest BCUT2D eigenvalue weighted by Crippen LogP contribution is -2.48. The molecule has 7 heteroatoms. The summed E-state index contributed by atoms with van der Waals surface area (Å²) in [5, 5.41) is 4.26. The minimum absolute atomic E-state index is 0.456. The highest BCUT2D eigenvalue weighted by atomic mass is 79.9. The number of hydrogen-bond acceptors (Lipinski definition) is 5. The fraction of sp³-hybridized carbons (Fsp3) is 0.375. The Hall–Kier alpha value is -0.950. The van der Waals surface area contributed by atoms with Crippen molar-refractivity contribution in [2.75, 3.05) is 18.0 Å². The molecule has 0 bridgehead atoms. The lowest BCUT2D eigenvalue weighted by molar-refractivity contribution is 0.366. The summed E-state index contributed by atoms with van der Waals surface area (Å²) in [4.78, 5) is 2.20. The predicted octanol–water partition coefficient (Wildman–Crippen LogP) is 1.56. The SMILES string of the molecule is Brc1cnn(C2CN(c3cnsn3)C2)c1. The minimum Gasteiger partial charge on any atom is -0.350 e. The van der Waals surface area contributed by atoms with Crippen LogP contribution < -0.4 is 4.90 Å². The highest BCUT2D eigenvalue weighted by molar-refractivity contribution is 9.10. The molecule has 1 saturated heterocycles. The quantitative estimate of drug-likeness (QED) is 0.840. The van der Waals surface area contributed by atoms with Crippen LogP contribution in [0.25, 0.3) is 0 Å². The van der Waals surface area contributed by atoms with Crippen LogP contribution >= 0.6 is 27.7 Å². The predicted molar refractivity (Wildman–Crippen MR) is 61.1 cm³/mol. The Morgan fingerprint density at radius 2 is 2.27 bits per heavy atom. The zero-order valence-corrected chi connectivity index (χ0v) is 10.1. The summed E-state index contributed by atoms with van der Waals surface area (Å²) >= 11 is 4.64. The molecule has 3 heterocycles. The molecule has 1 aliphatic heterocycles. The van der Waals surface area contributed by atoms with Crippen molar-refractivity contribution >= 4 is 33.5 Å². The first-order valence-corrected chi connectivity index (χ1v) is 6.07. The fourth-order valence-electron chi connectivity index (χ4n) is 1.62. The van der Waals surface area contributed by atoms with Crippen molar-refractivity contribution in [1.82, 2.24) is 18.5 Å². The Morgan fingerprint density at radius 1 is 1.40 bits per heavy atom. The molecular formula is C8H8BrN5S. The highest BCUT2D eigenvalue weighted by Crippen LogP contribution is 2.26. The van der Waals surface area contributed by atoms with Gasteiger partial charge in [0.1, 0.15) is 0 Å². The Balaban J connectivity index is 1.67. The van der Waals surface area contributed by atoms with Crippen molar-refractivity contribution in [2.24, 2.45) is 0 Å². The first-order valence-electron chi connectivity index (χ1n) is 4.55. The van der Waals surface area contributed by atoms with Crippen LogP contribution in [0.1, 0.15) is 6.04 Å². The zero-order chi connectivity index (χ0) is 10.3. The standard InChI is InChI=1S/C8H8BrN5S/c9-6-1-10-14(3-6)7-4-13(5-7)8-2-11-15-12-8/h1-3,7H,4-5H2. The second kappa shape index (κ2) is 3.57. The average Bonchev–Trinajstić information content (AvgIpc) is 2.74. The minimum atomic E-state index is 0.456. The smallest absolute Gasteiger partial charge is 0.162 e. The molecule has 0 saturated carbocycles. The maximum absolute atomic E-state index is 4.26. The van der Waals surface area contributed by atoms with E-state index in [1.807, 2.05) is 17.1 Å². The van der Waals surface area contributed by atoms with E-state index < -0.39 is 0 Å². The Bertz CT molecular complexity index is 447. The largest absolute Gasteiger partial charge is 0.350 e. The second-order valence-corrected chi connectivity index (χ2v) is 4.94. The number of nitrogens with zero attached hydrogens (tertiary/aromatic N) is 5. The maximum Gasteiger partial charge on any atom is 0.162 e. The van der Waals surface area contributed by atoms with Gasteiger partial charge < -0.3 is 4.90 Å². The molecule has 3 rings (SSSR count). The summed E-state index contributed by atoms with van der Waals surface area (Å²) in [5.41, 5.74) is 0.